The predicted octanol–water partition coefficient (Wildman–Crippen LogP) is 2.77. The summed E-state index contributed by atoms with van der Waals surface area (Å²) in [7, 11) is 0. The summed E-state index contributed by atoms with van der Waals surface area (Å²) < 4.78 is 2.01. The second kappa shape index (κ2) is 7.55. The third-order valence-corrected chi connectivity index (χ3v) is 4.25. The topological polar surface area (TPSA) is 58.9 Å². The van der Waals surface area contributed by atoms with Crippen LogP contribution in [0.1, 0.15) is 37.7 Å². The molecule has 1 N–H and O–H groups in total. The van der Waals surface area contributed by atoms with Gasteiger partial charge < -0.3 is 10.2 Å². The fourth-order valence-electron chi connectivity index (χ4n) is 3.00. The van der Waals surface area contributed by atoms with Gasteiger partial charge in [-0.05, 0) is 39.3 Å². The number of nitrogens with zero attached hydrogens (tertiary/aromatic N) is 5. The highest BCUT2D eigenvalue weighted by Crippen LogP contribution is 2.15. The summed E-state index contributed by atoms with van der Waals surface area (Å²) in [4.78, 5) is 11.4. The monoisotopic (exact) mass is 314 g/mol. The zero-order chi connectivity index (χ0) is 16.1. The van der Waals surface area contributed by atoms with Gasteiger partial charge in [-0.15, -0.1) is 0 Å². The van der Waals surface area contributed by atoms with E-state index in [9.17, 15) is 0 Å². The van der Waals surface area contributed by atoms with Gasteiger partial charge in [0, 0.05) is 24.5 Å². The van der Waals surface area contributed by atoms with Gasteiger partial charge in [0.1, 0.15) is 11.6 Å². The van der Waals surface area contributed by atoms with Crippen molar-refractivity contribution in [1.29, 1.82) is 0 Å². The lowest BCUT2D eigenvalue weighted by molar-refractivity contribution is 0.218. The number of nitrogens with one attached hydrogen (secondary N) is 1. The summed E-state index contributed by atoms with van der Waals surface area (Å²) in [5, 5.41) is 7.78. The molecule has 0 saturated carbocycles. The Kier molecular flexibility index (Phi) is 5.23. The van der Waals surface area contributed by atoms with E-state index in [1.165, 1.54) is 32.4 Å². The Morgan fingerprint density at radius 3 is 2.74 bits per heavy atom. The van der Waals surface area contributed by atoms with Gasteiger partial charge >= 0.3 is 0 Å². The largest absolute Gasteiger partial charge is 0.338 e. The van der Waals surface area contributed by atoms with Crippen LogP contribution in [0.2, 0.25) is 0 Å². The van der Waals surface area contributed by atoms with Crippen LogP contribution in [0.4, 0.5) is 11.5 Å². The van der Waals surface area contributed by atoms with Crippen molar-refractivity contribution in [3.05, 3.63) is 30.0 Å². The summed E-state index contributed by atoms with van der Waals surface area (Å²) in [5.41, 5.74) is 2.03. The Bertz CT molecular complexity index is 630. The molecular weight excluding hydrogens is 288 g/mol. The van der Waals surface area contributed by atoms with Crippen molar-refractivity contribution < 1.29 is 0 Å². The molecule has 0 unspecified atom stereocenters. The number of likely N-dealkylation sites (tertiary alicyclic amines) is 1. The molecule has 124 valence electrons. The highest BCUT2D eigenvalue weighted by Gasteiger charge is 2.10. The lowest BCUT2D eigenvalue weighted by Gasteiger charge is -2.26. The first-order valence-corrected chi connectivity index (χ1v) is 8.59. The molecule has 6 heteroatoms. The van der Waals surface area contributed by atoms with Crippen LogP contribution in [0.3, 0.4) is 0 Å². The smallest absolute Gasteiger partial charge is 0.134 e. The van der Waals surface area contributed by atoms with E-state index in [-0.39, 0.29) is 0 Å². The van der Waals surface area contributed by atoms with Gasteiger partial charge in [-0.25, -0.2) is 9.97 Å². The van der Waals surface area contributed by atoms with Gasteiger partial charge in [0.2, 0.25) is 0 Å². The molecule has 0 aromatic carbocycles. The lowest BCUT2D eigenvalue weighted by Crippen LogP contribution is -2.32. The van der Waals surface area contributed by atoms with Gasteiger partial charge in [0.05, 0.1) is 18.4 Å². The van der Waals surface area contributed by atoms with Gasteiger partial charge in [0.25, 0.3) is 0 Å². The fourth-order valence-corrected chi connectivity index (χ4v) is 3.00. The molecule has 0 amide bonds. The van der Waals surface area contributed by atoms with Crippen molar-refractivity contribution in [1.82, 2.24) is 24.6 Å². The second-order valence-corrected chi connectivity index (χ2v) is 6.16. The van der Waals surface area contributed by atoms with E-state index in [0.29, 0.717) is 0 Å². The van der Waals surface area contributed by atoms with E-state index >= 15 is 0 Å². The number of anilines is 2. The summed E-state index contributed by atoms with van der Waals surface area (Å²) in [5.74, 6) is 1.63. The van der Waals surface area contributed by atoms with E-state index < -0.39 is 0 Å². The van der Waals surface area contributed by atoms with Crippen LogP contribution >= 0.6 is 0 Å². The minimum Gasteiger partial charge on any atom is -0.338 e. The molecule has 2 aromatic heterocycles. The molecule has 3 rings (SSSR count). The van der Waals surface area contributed by atoms with Gasteiger partial charge in [-0.2, -0.15) is 5.10 Å². The van der Waals surface area contributed by atoms with Crippen molar-refractivity contribution in [2.24, 2.45) is 0 Å². The van der Waals surface area contributed by atoms with E-state index in [2.05, 4.69) is 32.2 Å². The van der Waals surface area contributed by atoms with Crippen molar-refractivity contribution in [2.75, 3.05) is 25.0 Å². The van der Waals surface area contributed by atoms with E-state index in [0.717, 1.165) is 42.5 Å². The molecule has 6 nitrogen and oxygen atoms in total. The summed E-state index contributed by atoms with van der Waals surface area (Å²) >= 11 is 0. The summed E-state index contributed by atoms with van der Waals surface area (Å²) in [6.07, 6.45) is 8.86. The van der Waals surface area contributed by atoms with E-state index in [1.807, 2.05) is 30.1 Å². The SMILES string of the molecule is CCc1cc(Nc2cnn(CCN3CCCCC3)c2)nc(C)n1. The van der Waals surface area contributed by atoms with E-state index in [4.69, 9.17) is 0 Å². The molecular formula is C17H26N6. The molecule has 1 fully saturated rings. The molecule has 0 atom stereocenters. The van der Waals surface area contributed by atoms with Gasteiger partial charge in [-0.1, -0.05) is 13.3 Å². The zero-order valence-electron chi connectivity index (χ0n) is 14.1. The molecule has 1 aliphatic rings. The first kappa shape index (κ1) is 15.9. The van der Waals surface area contributed by atoms with Gasteiger partial charge in [-0.3, -0.25) is 4.68 Å². The fraction of sp³-hybridized carbons (Fsp3) is 0.588. The number of rotatable bonds is 6. The minimum atomic E-state index is 0.796. The predicted molar refractivity (Wildman–Crippen MR) is 91.9 cm³/mol. The Hall–Kier alpha value is -1.95. The van der Waals surface area contributed by atoms with Crippen LogP contribution in [-0.4, -0.2) is 44.3 Å². The van der Waals surface area contributed by atoms with Crippen molar-refractivity contribution in [3.8, 4) is 0 Å². The number of hydrogen-bond donors (Lipinski definition) is 1. The first-order chi connectivity index (χ1) is 11.2. The molecule has 0 aliphatic carbocycles. The van der Waals surface area contributed by atoms with Crippen LogP contribution in [0.5, 0.6) is 0 Å². The van der Waals surface area contributed by atoms with Crippen LogP contribution in [0, 0.1) is 6.92 Å². The highest BCUT2D eigenvalue weighted by molar-refractivity contribution is 5.54. The maximum atomic E-state index is 4.45. The van der Waals surface area contributed by atoms with Crippen molar-refractivity contribution >= 4 is 11.5 Å². The Labute approximate surface area is 137 Å². The third kappa shape index (κ3) is 4.51. The number of hydrogen-bond acceptors (Lipinski definition) is 5. The maximum absolute atomic E-state index is 4.45. The normalized spacial score (nSPS) is 15.7. The maximum Gasteiger partial charge on any atom is 0.134 e. The standard InChI is InChI=1S/C17H26N6/c1-3-15-11-17(20-14(2)19-15)21-16-12-18-23(13-16)10-9-22-7-5-4-6-8-22/h11-13H,3-10H2,1-2H3,(H,19,20,21). The van der Waals surface area contributed by atoms with Crippen LogP contribution in [0.15, 0.2) is 18.5 Å². The average Bonchev–Trinajstić information content (AvgIpc) is 3.00. The number of aromatic nitrogens is 4. The third-order valence-electron chi connectivity index (χ3n) is 4.25. The molecule has 23 heavy (non-hydrogen) atoms. The Morgan fingerprint density at radius 1 is 1.13 bits per heavy atom. The molecule has 1 saturated heterocycles. The van der Waals surface area contributed by atoms with Crippen LogP contribution < -0.4 is 5.32 Å². The molecule has 0 spiro atoms. The minimum absolute atomic E-state index is 0.796. The van der Waals surface area contributed by atoms with Crippen molar-refractivity contribution in [2.45, 2.75) is 46.1 Å². The quantitative estimate of drug-likeness (QED) is 0.888. The highest BCUT2D eigenvalue weighted by atomic mass is 15.3. The molecule has 1 aliphatic heterocycles. The average molecular weight is 314 g/mol. The number of aryl methyl sites for hydroxylation is 2. The van der Waals surface area contributed by atoms with Crippen LogP contribution in [0.25, 0.3) is 0 Å². The molecule has 2 aromatic rings. The molecule has 0 radical (unpaired) electrons. The van der Waals surface area contributed by atoms with Crippen LogP contribution in [-0.2, 0) is 13.0 Å². The number of piperidine rings is 1. The van der Waals surface area contributed by atoms with Crippen molar-refractivity contribution in [3.63, 3.8) is 0 Å². The molecule has 0 bridgehead atoms. The lowest BCUT2D eigenvalue weighted by atomic mass is 10.1. The second-order valence-electron chi connectivity index (χ2n) is 6.16. The summed E-state index contributed by atoms with van der Waals surface area (Å²) in [6.45, 7) is 8.49. The zero-order valence-corrected chi connectivity index (χ0v) is 14.1. The molecule has 3 heterocycles. The Morgan fingerprint density at radius 2 is 1.96 bits per heavy atom. The first-order valence-electron chi connectivity index (χ1n) is 8.59. The Balaban J connectivity index is 1.57. The van der Waals surface area contributed by atoms with Gasteiger partial charge in [0.15, 0.2) is 0 Å². The van der Waals surface area contributed by atoms with E-state index in [1.54, 1.807) is 0 Å². The summed E-state index contributed by atoms with van der Waals surface area (Å²) in [6, 6.07) is 2.00.